The first-order valence-electron chi connectivity index (χ1n) is 8.47. The number of hydrogen-bond acceptors (Lipinski definition) is 5. The molecule has 0 amide bonds. The number of nitriles is 1. The van der Waals surface area contributed by atoms with Crippen LogP contribution in [0.5, 0.6) is 0 Å². The lowest BCUT2D eigenvalue weighted by Crippen LogP contribution is -2.40. The standard InChI is InChI=1S/C20H21N3OS/c21-13-17(20(24)19-7-4-12-25-19)14-22-18-8-10-23(11-9-18)15-16-5-2-1-3-6-16/h1-7,12,14,18,22H,8-11,15H2. The van der Waals surface area contributed by atoms with Crippen LogP contribution in [-0.4, -0.2) is 29.8 Å². The second kappa shape index (κ2) is 8.61. The maximum Gasteiger partial charge on any atom is 0.214 e. The monoisotopic (exact) mass is 351 g/mol. The molecule has 5 heteroatoms. The van der Waals surface area contributed by atoms with E-state index >= 15 is 0 Å². The third-order valence-electron chi connectivity index (χ3n) is 4.41. The molecule has 25 heavy (non-hydrogen) atoms. The van der Waals surface area contributed by atoms with E-state index in [-0.39, 0.29) is 11.4 Å². The van der Waals surface area contributed by atoms with Crippen molar-refractivity contribution in [2.75, 3.05) is 13.1 Å². The molecule has 1 aromatic heterocycles. The SMILES string of the molecule is N#CC(=CNC1CCN(Cc2ccccc2)CC1)C(=O)c1cccs1. The number of carbonyl (C=O) groups excluding carboxylic acids is 1. The van der Waals surface area contributed by atoms with Crippen molar-refractivity contribution in [3.63, 3.8) is 0 Å². The number of hydrogen-bond donors (Lipinski definition) is 1. The van der Waals surface area contributed by atoms with Gasteiger partial charge in [0.05, 0.1) is 4.88 Å². The molecule has 2 aromatic rings. The first-order valence-corrected chi connectivity index (χ1v) is 9.35. The fourth-order valence-electron chi connectivity index (χ4n) is 2.99. The molecule has 1 aliphatic rings. The highest BCUT2D eigenvalue weighted by Crippen LogP contribution is 2.16. The number of carbonyl (C=O) groups is 1. The van der Waals surface area contributed by atoms with Crippen LogP contribution in [0.4, 0.5) is 0 Å². The average molecular weight is 351 g/mol. The van der Waals surface area contributed by atoms with E-state index in [9.17, 15) is 10.1 Å². The zero-order valence-corrected chi connectivity index (χ0v) is 14.8. The summed E-state index contributed by atoms with van der Waals surface area (Å²) in [6, 6.07) is 16.4. The Balaban J connectivity index is 1.50. The minimum Gasteiger partial charge on any atom is -0.387 e. The minimum absolute atomic E-state index is 0.175. The Morgan fingerprint density at radius 2 is 2.00 bits per heavy atom. The number of nitrogens with zero attached hydrogens (tertiary/aromatic N) is 2. The molecule has 1 N–H and O–H groups in total. The van der Waals surface area contributed by atoms with Crippen molar-refractivity contribution < 1.29 is 4.79 Å². The van der Waals surface area contributed by atoms with Crippen molar-refractivity contribution in [2.24, 2.45) is 0 Å². The summed E-state index contributed by atoms with van der Waals surface area (Å²) in [4.78, 5) is 15.3. The average Bonchev–Trinajstić information content (AvgIpc) is 3.19. The van der Waals surface area contributed by atoms with Crippen LogP contribution < -0.4 is 5.32 Å². The number of allylic oxidation sites excluding steroid dienone is 1. The molecule has 1 aliphatic heterocycles. The van der Waals surface area contributed by atoms with Crippen molar-refractivity contribution in [2.45, 2.75) is 25.4 Å². The smallest absolute Gasteiger partial charge is 0.214 e. The number of benzene rings is 1. The molecule has 2 heterocycles. The van der Waals surface area contributed by atoms with Crippen molar-refractivity contribution in [1.29, 1.82) is 5.26 Å². The number of nitrogens with one attached hydrogen (secondary N) is 1. The lowest BCUT2D eigenvalue weighted by molar-refractivity contribution is 0.104. The number of piperidine rings is 1. The number of likely N-dealkylation sites (tertiary alicyclic amines) is 1. The fraction of sp³-hybridized carbons (Fsp3) is 0.300. The number of thiophene rings is 1. The normalized spacial score (nSPS) is 16.4. The van der Waals surface area contributed by atoms with E-state index in [0.717, 1.165) is 32.5 Å². The van der Waals surface area contributed by atoms with Crippen molar-refractivity contribution in [3.8, 4) is 6.07 Å². The predicted molar refractivity (Wildman–Crippen MR) is 100 cm³/mol. The van der Waals surface area contributed by atoms with Gasteiger partial charge in [0.25, 0.3) is 0 Å². The summed E-state index contributed by atoms with van der Waals surface area (Å²) in [5.74, 6) is -0.202. The summed E-state index contributed by atoms with van der Waals surface area (Å²) in [7, 11) is 0. The second-order valence-electron chi connectivity index (χ2n) is 6.18. The van der Waals surface area contributed by atoms with Crippen LogP contribution in [0.2, 0.25) is 0 Å². The Morgan fingerprint density at radius 3 is 2.64 bits per heavy atom. The Bertz CT molecular complexity index is 754. The predicted octanol–water partition coefficient (Wildman–Crippen LogP) is 3.59. The van der Waals surface area contributed by atoms with Crippen molar-refractivity contribution in [3.05, 3.63) is 70.1 Å². The van der Waals surface area contributed by atoms with E-state index in [2.05, 4.69) is 34.5 Å². The van der Waals surface area contributed by atoms with Gasteiger partial charge in [0.1, 0.15) is 11.6 Å². The van der Waals surface area contributed by atoms with Crippen LogP contribution in [0.1, 0.15) is 28.1 Å². The Labute approximate surface area is 152 Å². The van der Waals surface area contributed by atoms with Crippen LogP contribution in [-0.2, 0) is 6.54 Å². The van der Waals surface area contributed by atoms with Crippen LogP contribution in [0.25, 0.3) is 0 Å². The van der Waals surface area contributed by atoms with Gasteiger partial charge in [0.15, 0.2) is 0 Å². The molecule has 0 aliphatic carbocycles. The third-order valence-corrected chi connectivity index (χ3v) is 5.28. The quantitative estimate of drug-likeness (QED) is 0.491. The zero-order chi connectivity index (χ0) is 17.5. The van der Waals surface area contributed by atoms with Gasteiger partial charge < -0.3 is 5.32 Å². The Morgan fingerprint density at radius 1 is 1.24 bits per heavy atom. The highest BCUT2D eigenvalue weighted by molar-refractivity contribution is 7.12. The second-order valence-corrected chi connectivity index (χ2v) is 7.13. The van der Waals surface area contributed by atoms with Gasteiger partial charge in [-0.25, -0.2) is 0 Å². The lowest BCUT2D eigenvalue weighted by Gasteiger charge is -2.32. The van der Waals surface area contributed by atoms with Gasteiger partial charge in [-0.3, -0.25) is 9.69 Å². The molecule has 3 rings (SSSR count). The van der Waals surface area contributed by atoms with Gasteiger partial charge in [-0.1, -0.05) is 36.4 Å². The molecule has 4 nitrogen and oxygen atoms in total. The van der Waals surface area contributed by atoms with Crippen LogP contribution in [0.15, 0.2) is 59.6 Å². The van der Waals surface area contributed by atoms with Crippen molar-refractivity contribution >= 4 is 17.1 Å². The highest BCUT2D eigenvalue weighted by atomic mass is 32.1. The zero-order valence-electron chi connectivity index (χ0n) is 14.0. The van der Waals surface area contributed by atoms with Crippen LogP contribution in [0.3, 0.4) is 0 Å². The Hall–Kier alpha value is -2.42. The molecule has 1 saturated heterocycles. The van der Waals surface area contributed by atoms with Crippen molar-refractivity contribution in [1.82, 2.24) is 10.2 Å². The van der Waals surface area contributed by atoms with E-state index in [4.69, 9.17) is 0 Å². The van der Waals surface area contributed by atoms with Gasteiger partial charge in [-0.2, -0.15) is 5.26 Å². The van der Waals surface area contributed by atoms with E-state index in [1.165, 1.54) is 16.9 Å². The summed E-state index contributed by atoms with van der Waals surface area (Å²) in [5.41, 5.74) is 1.51. The summed E-state index contributed by atoms with van der Waals surface area (Å²) in [5, 5.41) is 14.4. The summed E-state index contributed by atoms with van der Waals surface area (Å²) >= 11 is 1.36. The topological polar surface area (TPSA) is 56.1 Å². The maximum absolute atomic E-state index is 12.2. The molecule has 1 aromatic carbocycles. The van der Waals surface area contributed by atoms with Gasteiger partial charge in [-0.05, 0) is 29.9 Å². The summed E-state index contributed by atoms with van der Waals surface area (Å²) in [6.45, 7) is 3.01. The fourth-order valence-corrected chi connectivity index (χ4v) is 3.67. The molecule has 128 valence electrons. The molecular weight excluding hydrogens is 330 g/mol. The minimum atomic E-state index is -0.202. The first-order chi connectivity index (χ1) is 12.3. The van der Waals surface area contributed by atoms with Gasteiger partial charge >= 0.3 is 0 Å². The molecule has 0 unspecified atom stereocenters. The van der Waals surface area contributed by atoms with Gasteiger partial charge in [-0.15, -0.1) is 11.3 Å². The number of Topliss-reactive ketones (excluding diaryl/α,β-unsaturated/α-hetero) is 1. The maximum atomic E-state index is 12.2. The van der Waals surface area contributed by atoms with E-state index in [0.29, 0.717) is 10.9 Å². The molecule has 0 saturated carbocycles. The van der Waals surface area contributed by atoms with E-state index in [1.54, 1.807) is 12.3 Å². The van der Waals surface area contributed by atoms with Crippen LogP contribution >= 0.6 is 11.3 Å². The first kappa shape index (κ1) is 17.4. The van der Waals surface area contributed by atoms with Crippen LogP contribution in [0, 0.1) is 11.3 Å². The molecular formula is C20H21N3OS. The molecule has 0 spiro atoms. The number of ketones is 1. The van der Waals surface area contributed by atoms with E-state index in [1.807, 2.05) is 23.6 Å². The Kier molecular flexibility index (Phi) is 5.99. The number of rotatable bonds is 6. The summed E-state index contributed by atoms with van der Waals surface area (Å²) < 4.78 is 0. The third kappa shape index (κ3) is 4.79. The largest absolute Gasteiger partial charge is 0.387 e. The lowest BCUT2D eigenvalue weighted by atomic mass is 10.0. The van der Waals surface area contributed by atoms with E-state index < -0.39 is 0 Å². The van der Waals surface area contributed by atoms with Gasteiger partial charge in [0, 0.05) is 31.9 Å². The molecule has 1 fully saturated rings. The molecule has 0 bridgehead atoms. The molecule has 0 atom stereocenters. The van der Waals surface area contributed by atoms with Gasteiger partial charge in [0.2, 0.25) is 5.78 Å². The highest BCUT2D eigenvalue weighted by Gasteiger charge is 2.19. The summed E-state index contributed by atoms with van der Waals surface area (Å²) in [6.07, 6.45) is 3.62. The molecule has 0 radical (unpaired) electrons.